The molecule has 6 atom stereocenters. The van der Waals surface area contributed by atoms with Crippen LogP contribution < -0.4 is 20.9 Å². The van der Waals surface area contributed by atoms with Gasteiger partial charge in [0.25, 0.3) is 0 Å². The summed E-state index contributed by atoms with van der Waals surface area (Å²) in [6.07, 6.45) is 13.9. The summed E-state index contributed by atoms with van der Waals surface area (Å²) in [5, 5.41) is 41.3. The van der Waals surface area contributed by atoms with Crippen LogP contribution in [0.4, 0.5) is 0 Å². The molecule has 2 saturated heterocycles. The Morgan fingerprint density at radius 3 is 2.49 bits per heavy atom. The first-order valence-corrected chi connectivity index (χ1v) is 14.9. The van der Waals surface area contributed by atoms with E-state index in [0.717, 1.165) is 71.2 Å². The van der Waals surface area contributed by atoms with Crippen LogP contribution in [0.5, 0.6) is 0 Å². The summed E-state index contributed by atoms with van der Waals surface area (Å²) >= 11 is 0. The largest absolute Gasteiger partial charge is 0.481 e. The van der Waals surface area contributed by atoms with Crippen molar-refractivity contribution in [2.75, 3.05) is 32.8 Å². The number of carboxylic acids is 1. The summed E-state index contributed by atoms with van der Waals surface area (Å²) in [5.41, 5.74) is -1.22. The maximum atomic E-state index is 11.4. The van der Waals surface area contributed by atoms with Crippen LogP contribution in [0.3, 0.4) is 0 Å². The molecule has 2 fully saturated rings. The Hall–Kier alpha value is -1.10. The average molecular weight is 525 g/mol. The predicted octanol–water partition coefficient (Wildman–Crippen LogP) is 0.842. The minimum absolute atomic E-state index is 0.0354. The SMILES string of the molecule is CC1NC(CCCCCCCCCC(O)(CNC2(C)CCNCC2)CC(=O)O)C([NH+]2CC=NC2)CC1O. The zero-order valence-electron chi connectivity index (χ0n) is 23.3. The van der Waals surface area contributed by atoms with Crippen molar-refractivity contribution in [1.82, 2.24) is 16.0 Å². The Morgan fingerprint density at radius 1 is 1.16 bits per heavy atom. The predicted molar refractivity (Wildman–Crippen MR) is 147 cm³/mol. The molecule has 0 amide bonds. The van der Waals surface area contributed by atoms with E-state index in [1.807, 2.05) is 6.21 Å². The number of nitrogens with zero attached hydrogens (tertiary/aromatic N) is 1. The van der Waals surface area contributed by atoms with E-state index >= 15 is 0 Å². The number of rotatable bonds is 16. The topological polar surface area (TPSA) is 131 Å². The van der Waals surface area contributed by atoms with Crippen LogP contribution in [0.25, 0.3) is 0 Å². The third-order valence-electron chi connectivity index (χ3n) is 9.03. The molecule has 0 aromatic carbocycles. The van der Waals surface area contributed by atoms with E-state index in [9.17, 15) is 20.1 Å². The summed E-state index contributed by atoms with van der Waals surface area (Å²) in [6.45, 7) is 8.31. The molecule has 0 aliphatic carbocycles. The number of quaternary nitrogens is 1. The number of β-amino-alcohol motifs (C(OH)–C–C–N with tert-alkyl or cyclic N) is 1. The minimum atomic E-state index is -1.18. The van der Waals surface area contributed by atoms with E-state index in [4.69, 9.17) is 0 Å². The minimum Gasteiger partial charge on any atom is -0.481 e. The molecular formula is C28H54N5O4+. The normalized spacial score (nSPS) is 31.3. The van der Waals surface area contributed by atoms with Gasteiger partial charge in [0.05, 0.1) is 30.4 Å². The smallest absolute Gasteiger partial charge is 0.306 e. The lowest BCUT2D eigenvalue weighted by Crippen LogP contribution is -3.16. The van der Waals surface area contributed by atoms with Gasteiger partial charge in [-0.3, -0.25) is 4.79 Å². The first-order chi connectivity index (χ1) is 17.7. The molecule has 3 aliphatic rings. The second-order valence-electron chi connectivity index (χ2n) is 12.3. The van der Waals surface area contributed by atoms with Crippen molar-refractivity contribution < 1.29 is 25.0 Å². The van der Waals surface area contributed by atoms with Gasteiger partial charge in [-0.05, 0) is 52.6 Å². The number of hydrogen-bond donors (Lipinski definition) is 7. The van der Waals surface area contributed by atoms with Crippen LogP contribution in [0.1, 0.15) is 97.3 Å². The molecule has 3 heterocycles. The van der Waals surface area contributed by atoms with Crippen LogP contribution in [0.15, 0.2) is 4.99 Å². The van der Waals surface area contributed by atoms with E-state index in [1.54, 1.807) is 0 Å². The van der Waals surface area contributed by atoms with Gasteiger partial charge in [0.2, 0.25) is 0 Å². The van der Waals surface area contributed by atoms with Crippen molar-refractivity contribution in [2.45, 2.75) is 133 Å². The number of aliphatic carboxylic acids is 1. The molecule has 0 saturated carbocycles. The molecule has 0 bridgehead atoms. The third kappa shape index (κ3) is 10.2. The van der Waals surface area contributed by atoms with Crippen LogP contribution >= 0.6 is 0 Å². The van der Waals surface area contributed by atoms with Crippen LogP contribution in [0, 0.1) is 0 Å². The zero-order valence-corrected chi connectivity index (χ0v) is 23.3. The fourth-order valence-corrected chi connectivity index (χ4v) is 6.38. The van der Waals surface area contributed by atoms with E-state index in [1.165, 1.54) is 30.6 Å². The molecule has 0 spiro atoms. The van der Waals surface area contributed by atoms with Gasteiger partial charge in [0, 0.05) is 24.5 Å². The molecule has 0 aromatic rings. The monoisotopic (exact) mass is 524 g/mol. The summed E-state index contributed by atoms with van der Waals surface area (Å²) in [6, 6.07) is 1.04. The van der Waals surface area contributed by atoms with Gasteiger partial charge in [-0.15, -0.1) is 0 Å². The number of aliphatic hydroxyl groups is 2. The molecule has 37 heavy (non-hydrogen) atoms. The molecule has 9 nitrogen and oxygen atoms in total. The molecule has 214 valence electrons. The van der Waals surface area contributed by atoms with Crippen LogP contribution in [-0.2, 0) is 4.79 Å². The van der Waals surface area contributed by atoms with E-state index < -0.39 is 11.6 Å². The van der Waals surface area contributed by atoms with Gasteiger partial charge in [-0.25, -0.2) is 4.99 Å². The highest BCUT2D eigenvalue weighted by atomic mass is 16.4. The van der Waals surface area contributed by atoms with E-state index in [0.29, 0.717) is 25.0 Å². The van der Waals surface area contributed by atoms with Gasteiger partial charge < -0.3 is 36.2 Å². The van der Waals surface area contributed by atoms with Gasteiger partial charge in [-0.1, -0.05) is 44.9 Å². The summed E-state index contributed by atoms with van der Waals surface area (Å²) in [7, 11) is 0. The number of aliphatic imine (C=N–C) groups is 1. The van der Waals surface area contributed by atoms with Crippen molar-refractivity contribution in [1.29, 1.82) is 0 Å². The lowest BCUT2D eigenvalue weighted by Gasteiger charge is -2.41. The highest BCUT2D eigenvalue weighted by molar-refractivity contribution is 5.68. The fourth-order valence-electron chi connectivity index (χ4n) is 6.38. The van der Waals surface area contributed by atoms with Crippen molar-refractivity contribution in [3.8, 4) is 0 Å². The highest BCUT2D eigenvalue weighted by Gasteiger charge is 2.40. The number of aliphatic hydroxyl groups excluding tert-OH is 1. The van der Waals surface area contributed by atoms with Crippen molar-refractivity contribution in [3.05, 3.63) is 0 Å². The summed E-state index contributed by atoms with van der Waals surface area (Å²) < 4.78 is 0. The van der Waals surface area contributed by atoms with Gasteiger partial charge >= 0.3 is 5.97 Å². The van der Waals surface area contributed by atoms with Crippen LogP contribution in [0.2, 0.25) is 0 Å². The summed E-state index contributed by atoms with van der Waals surface area (Å²) in [4.78, 5) is 17.3. The third-order valence-corrected chi connectivity index (χ3v) is 9.03. The Balaban J connectivity index is 1.28. The van der Waals surface area contributed by atoms with Crippen molar-refractivity contribution in [2.24, 2.45) is 4.99 Å². The zero-order chi connectivity index (χ0) is 26.7. The fraction of sp³-hybridized carbons (Fsp3) is 0.929. The first-order valence-electron chi connectivity index (χ1n) is 14.9. The summed E-state index contributed by atoms with van der Waals surface area (Å²) in [5.74, 6) is -0.933. The number of carbonyl (C=O) groups is 1. The van der Waals surface area contributed by atoms with Gasteiger partial charge in [0.1, 0.15) is 12.6 Å². The van der Waals surface area contributed by atoms with Crippen LogP contribution in [-0.4, -0.2) is 95.7 Å². The molecule has 7 N–H and O–H groups in total. The number of carboxylic acid groups (broad SMARTS) is 1. The Morgan fingerprint density at radius 2 is 1.84 bits per heavy atom. The highest BCUT2D eigenvalue weighted by Crippen LogP contribution is 2.24. The maximum absolute atomic E-state index is 11.4. The quantitative estimate of drug-likeness (QED) is 0.149. The lowest BCUT2D eigenvalue weighted by atomic mass is 9.87. The van der Waals surface area contributed by atoms with E-state index in [-0.39, 0.29) is 24.1 Å². The number of piperidine rings is 2. The average Bonchev–Trinajstić information content (AvgIpc) is 3.39. The van der Waals surface area contributed by atoms with Gasteiger partial charge in [-0.2, -0.15) is 0 Å². The lowest BCUT2D eigenvalue weighted by molar-refractivity contribution is -0.914. The molecule has 3 aliphatic heterocycles. The molecular weight excluding hydrogens is 470 g/mol. The Labute approximate surface area is 223 Å². The number of unbranched alkanes of at least 4 members (excludes halogenated alkanes) is 6. The molecule has 6 unspecified atom stereocenters. The molecule has 0 aromatic heterocycles. The molecule has 9 heteroatoms. The number of hydrogen-bond acceptors (Lipinski definition) is 7. The Kier molecular flexibility index (Phi) is 12.3. The second kappa shape index (κ2) is 14.9. The Bertz CT molecular complexity index is 709. The van der Waals surface area contributed by atoms with Crippen molar-refractivity contribution in [3.63, 3.8) is 0 Å². The van der Waals surface area contributed by atoms with E-state index in [2.05, 4.69) is 34.8 Å². The van der Waals surface area contributed by atoms with Crippen molar-refractivity contribution >= 4 is 12.2 Å². The molecule has 3 rings (SSSR count). The standard InChI is InChI=1S/C28H53N5O4/c1-22-25(34)18-24(33-17-16-30-21-33)23(32-22)10-8-6-4-3-5-7-9-11-28(37,19-26(35)36)20-31-27(2)12-14-29-15-13-27/h16,22-25,29,31-32,34,37H,3-15,17-21H2,1-2H3,(H,35,36)/p+1. The second-order valence-corrected chi connectivity index (χ2v) is 12.3. The first kappa shape index (κ1) is 30.4. The maximum Gasteiger partial charge on any atom is 0.306 e. The molecule has 0 radical (unpaired) electrons. The van der Waals surface area contributed by atoms with Gasteiger partial charge in [0.15, 0.2) is 6.67 Å². The number of nitrogens with one attached hydrogen (secondary N) is 4.